The van der Waals surface area contributed by atoms with Crippen LogP contribution in [0.3, 0.4) is 0 Å². The zero-order valence-corrected chi connectivity index (χ0v) is 9.98. The van der Waals surface area contributed by atoms with Crippen LogP contribution in [-0.2, 0) is 4.79 Å². The van der Waals surface area contributed by atoms with Gasteiger partial charge in [-0.15, -0.1) is 0 Å². The van der Waals surface area contributed by atoms with Crippen LogP contribution in [-0.4, -0.2) is 30.3 Å². The lowest BCUT2D eigenvalue weighted by Crippen LogP contribution is -2.25. The molecular formula is C11H14N2O2S. The zero-order valence-electron chi connectivity index (χ0n) is 9.09. The van der Waals surface area contributed by atoms with Gasteiger partial charge in [0.25, 0.3) is 0 Å². The second-order valence-electron chi connectivity index (χ2n) is 3.80. The van der Waals surface area contributed by atoms with Gasteiger partial charge >= 0.3 is 0 Å². The molecule has 16 heavy (non-hydrogen) atoms. The van der Waals surface area contributed by atoms with Crippen LogP contribution in [0, 0.1) is 5.92 Å². The van der Waals surface area contributed by atoms with Crippen molar-refractivity contribution in [3.63, 3.8) is 0 Å². The van der Waals surface area contributed by atoms with Crippen LogP contribution in [0.15, 0.2) is 18.5 Å². The van der Waals surface area contributed by atoms with Crippen LogP contribution < -0.4 is 9.64 Å². The number of anilines is 1. The standard InChI is InChI=1S/C11H14N2O2S/c1-15-10-2-3-12-5-9(10)13-6-8(7-16)4-11(13)14/h2-3,5,8,16H,4,6-7H2,1H3. The first-order chi connectivity index (χ1) is 7.76. The molecule has 0 bridgehead atoms. The van der Waals surface area contributed by atoms with Crippen LogP contribution >= 0.6 is 12.6 Å². The topological polar surface area (TPSA) is 42.4 Å². The Labute approximate surface area is 100 Å². The molecule has 5 heteroatoms. The minimum absolute atomic E-state index is 0.116. The predicted octanol–water partition coefficient (Wildman–Crippen LogP) is 1.37. The number of hydrogen-bond donors (Lipinski definition) is 1. The number of thiol groups is 1. The van der Waals surface area contributed by atoms with Gasteiger partial charge in [-0.1, -0.05) is 0 Å². The quantitative estimate of drug-likeness (QED) is 0.809. The van der Waals surface area contributed by atoms with Crippen LogP contribution in [0.5, 0.6) is 5.75 Å². The Hall–Kier alpha value is -1.23. The van der Waals surface area contributed by atoms with Gasteiger partial charge in [-0.3, -0.25) is 9.78 Å². The third-order valence-electron chi connectivity index (χ3n) is 2.74. The molecule has 0 N–H and O–H groups in total. The number of pyridine rings is 1. The summed E-state index contributed by atoms with van der Waals surface area (Å²) in [6.07, 6.45) is 3.87. The van der Waals surface area contributed by atoms with E-state index in [9.17, 15) is 4.79 Å². The lowest BCUT2D eigenvalue weighted by atomic mass is 10.1. The average Bonchev–Trinajstić information content (AvgIpc) is 2.70. The fraction of sp³-hybridized carbons (Fsp3) is 0.455. The Morgan fingerprint density at radius 1 is 1.69 bits per heavy atom. The molecule has 1 fully saturated rings. The summed E-state index contributed by atoms with van der Waals surface area (Å²) in [5.41, 5.74) is 0.749. The third kappa shape index (κ3) is 2.00. The van der Waals surface area contributed by atoms with Crippen molar-refractivity contribution in [3.8, 4) is 5.75 Å². The van der Waals surface area contributed by atoms with Crippen LogP contribution in [0.2, 0.25) is 0 Å². The Morgan fingerprint density at radius 3 is 3.12 bits per heavy atom. The number of nitrogens with zero attached hydrogens (tertiary/aromatic N) is 2. The molecular weight excluding hydrogens is 224 g/mol. The number of methoxy groups -OCH3 is 1. The molecule has 1 unspecified atom stereocenters. The summed E-state index contributed by atoms with van der Waals surface area (Å²) in [5, 5.41) is 0. The van der Waals surface area contributed by atoms with Gasteiger partial charge in [0.2, 0.25) is 5.91 Å². The molecule has 0 radical (unpaired) electrons. The number of ether oxygens (including phenoxy) is 1. The van der Waals surface area contributed by atoms with Gasteiger partial charge < -0.3 is 9.64 Å². The summed E-state index contributed by atoms with van der Waals surface area (Å²) < 4.78 is 5.22. The van der Waals surface area contributed by atoms with Crippen LogP contribution in [0.4, 0.5) is 5.69 Å². The molecule has 86 valence electrons. The fourth-order valence-corrected chi connectivity index (χ4v) is 2.13. The third-order valence-corrected chi connectivity index (χ3v) is 3.25. The van der Waals surface area contributed by atoms with E-state index >= 15 is 0 Å². The SMILES string of the molecule is COc1ccncc1N1CC(CS)CC1=O. The Kier molecular flexibility index (Phi) is 3.33. The number of carbonyl (C=O) groups is 1. The van der Waals surface area contributed by atoms with Gasteiger partial charge in [-0.2, -0.15) is 12.6 Å². The lowest BCUT2D eigenvalue weighted by molar-refractivity contribution is -0.117. The van der Waals surface area contributed by atoms with Crippen molar-refractivity contribution in [1.29, 1.82) is 0 Å². The second-order valence-corrected chi connectivity index (χ2v) is 4.17. The van der Waals surface area contributed by atoms with E-state index in [-0.39, 0.29) is 5.91 Å². The first-order valence-corrected chi connectivity index (χ1v) is 5.78. The van der Waals surface area contributed by atoms with Gasteiger partial charge in [0.1, 0.15) is 11.4 Å². The first kappa shape index (κ1) is 11.3. The molecule has 0 aromatic carbocycles. The predicted molar refractivity (Wildman–Crippen MR) is 65.1 cm³/mol. The molecule has 0 aliphatic carbocycles. The van der Waals surface area contributed by atoms with E-state index < -0.39 is 0 Å². The van der Waals surface area contributed by atoms with Crippen LogP contribution in [0.25, 0.3) is 0 Å². The maximum absolute atomic E-state index is 11.8. The van der Waals surface area contributed by atoms with Gasteiger partial charge in [-0.05, 0) is 11.7 Å². The summed E-state index contributed by atoms with van der Waals surface area (Å²) in [5.74, 6) is 1.85. The second kappa shape index (κ2) is 4.74. The Balaban J connectivity index is 2.27. The summed E-state index contributed by atoms with van der Waals surface area (Å²) in [7, 11) is 1.59. The summed E-state index contributed by atoms with van der Waals surface area (Å²) in [4.78, 5) is 17.6. The van der Waals surface area contributed by atoms with Gasteiger partial charge in [0.15, 0.2) is 0 Å². The molecule has 1 amide bonds. The highest BCUT2D eigenvalue weighted by atomic mass is 32.1. The van der Waals surface area contributed by atoms with Crippen molar-refractivity contribution in [2.24, 2.45) is 5.92 Å². The van der Waals surface area contributed by atoms with Gasteiger partial charge in [-0.25, -0.2) is 0 Å². The normalized spacial score (nSPS) is 20.2. The maximum atomic E-state index is 11.8. The minimum atomic E-state index is 0.116. The molecule has 1 aromatic rings. The highest BCUT2D eigenvalue weighted by Crippen LogP contribution is 2.32. The lowest BCUT2D eigenvalue weighted by Gasteiger charge is -2.18. The number of amides is 1. The largest absolute Gasteiger partial charge is 0.494 e. The monoisotopic (exact) mass is 238 g/mol. The van der Waals surface area contributed by atoms with E-state index in [0.717, 1.165) is 11.4 Å². The van der Waals surface area contributed by atoms with Crippen molar-refractivity contribution in [3.05, 3.63) is 18.5 Å². The summed E-state index contributed by atoms with van der Waals surface area (Å²) in [6, 6.07) is 1.76. The molecule has 1 aromatic heterocycles. The van der Waals surface area contributed by atoms with E-state index in [4.69, 9.17) is 4.74 Å². The van der Waals surface area contributed by atoms with Gasteiger partial charge in [0, 0.05) is 25.2 Å². The molecule has 2 rings (SSSR count). The number of carbonyl (C=O) groups excluding carboxylic acids is 1. The zero-order chi connectivity index (χ0) is 11.5. The molecule has 1 aliphatic heterocycles. The highest BCUT2D eigenvalue weighted by molar-refractivity contribution is 7.80. The van der Waals surface area contributed by atoms with Crippen molar-refractivity contribution >= 4 is 24.2 Å². The molecule has 0 saturated carbocycles. The van der Waals surface area contributed by atoms with E-state index in [1.807, 2.05) is 0 Å². The van der Waals surface area contributed by atoms with E-state index in [1.165, 1.54) is 0 Å². The van der Waals surface area contributed by atoms with Crippen molar-refractivity contribution in [2.75, 3.05) is 24.3 Å². The average molecular weight is 238 g/mol. The minimum Gasteiger partial charge on any atom is -0.494 e. The summed E-state index contributed by atoms with van der Waals surface area (Å²) >= 11 is 4.23. The smallest absolute Gasteiger partial charge is 0.227 e. The van der Waals surface area contributed by atoms with Crippen molar-refractivity contribution in [1.82, 2.24) is 4.98 Å². The molecule has 4 nitrogen and oxygen atoms in total. The molecule has 1 saturated heterocycles. The van der Waals surface area contributed by atoms with Crippen molar-refractivity contribution < 1.29 is 9.53 Å². The molecule has 1 aliphatic rings. The molecule has 0 spiro atoms. The summed E-state index contributed by atoms with van der Waals surface area (Å²) in [6.45, 7) is 0.699. The number of aromatic nitrogens is 1. The van der Waals surface area contributed by atoms with E-state index in [0.29, 0.717) is 24.6 Å². The molecule has 1 atom stereocenters. The molecule has 2 heterocycles. The first-order valence-electron chi connectivity index (χ1n) is 5.15. The van der Waals surface area contributed by atoms with Gasteiger partial charge in [0.05, 0.1) is 13.3 Å². The number of rotatable bonds is 3. The highest BCUT2D eigenvalue weighted by Gasteiger charge is 2.31. The fourth-order valence-electron chi connectivity index (χ4n) is 1.89. The maximum Gasteiger partial charge on any atom is 0.227 e. The Bertz CT molecular complexity index is 397. The van der Waals surface area contributed by atoms with Crippen molar-refractivity contribution in [2.45, 2.75) is 6.42 Å². The Morgan fingerprint density at radius 2 is 2.50 bits per heavy atom. The van der Waals surface area contributed by atoms with E-state index in [2.05, 4.69) is 17.6 Å². The van der Waals surface area contributed by atoms with E-state index in [1.54, 1.807) is 30.5 Å². The van der Waals surface area contributed by atoms with Crippen LogP contribution in [0.1, 0.15) is 6.42 Å². The number of hydrogen-bond acceptors (Lipinski definition) is 4.